The van der Waals surface area contributed by atoms with E-state index in [2.05, 4.69) is 40.7 Å². The average Bonchev–Trinajstić information content (AvgIpc) is 2.89. The Morgan fingerprint density at radius 1 is 1.27 bits per heavy atom. The molecule has 0 saturated carbocycles. The van der Waals surface area contributed by atoms with Crippen molar-refractivity contribution >= 4 is 10.9 Å². The number of aliphatic hydroxyl groups excluding tert-OH is 1. The van der Waals surface area contributed by atoms with Crippen molar-refractivity contribution in [1.82, 2.24) is 9.47 Å². The van der Waals surface area contributed by atoms with Crippen LogP contribution in [0.3, 0.4) is 0 Å². The van der Waals surface area contributed by atoms with E-state index in [9.17, 15) is 5.11 Å². The van der Waals surface area contributed by atoms with Gasteiger partial charge in [0.25, 0.3) is 0 Å². The van der Waals surface area contributed by atoms with Gasteiger partial charge in [0.05, 0.1) is 11.6 Å². The molecule has 1 N–H and O–H groups in total. The molecule has 22 heavy (non-hydrogen) atoms. The zero-order valence-electron chi connectivity index (χ0n) is 13.3. The Labute approximate surface area is 131 Å². The lowest BCUT2D eigenvalue weighted by atomic mass is 9.64. The fraction of sp³-hybridized carbons (Fsp3) is 0.579. The molecule has 1 aromatic carbocycles. The van der Waals surface area contributed by atoms with Crippen LogP contribution in [0.4, 0.5) is 0 Å². The number of rotatable bonds is 1. The topological polar surface area (TPSA) is 28.4 Å². The van der Waals surface area contributed by atoms with Crippen molar-refractivity contribution in [2.24, 2.45) is 5.41 Å². The van der Waals surface area contributed by atoms with Gasteiger partial charge in [0.15, 0.2) is 0 Å². The van der Waals surface area contributed by atoms with E-state index in [0.717, 1.165) is 12.8 Å². The lowest BCUT2D eigenvalue weighted by Crippen LogP contribution is -2.53. The zero-order valence-corrected chi connectivity index (χ0v) is 13.3. The first-order valence-electron chi connectivity index (χ1n) is 8.79. The van der Waals surface area contributed by atoms with Crippen LogP contribution in [0.25, 0.3) is 10.9 Å². The van der Waals surface area contributed by atoms with Crippen molar-refractivity contribution in [2.45, 2.75) is 51.3 Å². The summed E-state index contributed by atoms with van der Waals surface area (Å²) in [6, 6.07) is 9.19. The van der Waals surface area contributed by atoms with Gasteiger partial charge in [-0.1, -0.05) is 25.1 Å². The van der Waals surface area contributed by atoms with Gasteiger partial charge in [-0.05, 0) is 55.7 Å². The van der Waals surface area contributed by atoms with Gasteiger partial charge < -0.3 is 9.67 Å². The molecular weight excluding hydrogens is 272 g/mol. The van der Waals surface area contributed by atoms with E-state index in [1.165, 1.54) is 54.5 Å². The summed E-state index contributed by atoms with van der Waals surface area (Å²) in [5, 5.41) is 12.3. The molecule has 2 aromatic rings. The van der Waals surface area contributed by atoms with E-state index in [1.54, 1.807) is 0 Å². The highest BCUT2D eigenvalue weighted by molar-refractivity contribution is 5.86. The SMILES string of the molecule is CC[C@@]12CCCN3CCc4c(n(c5ccccc45)[C@H](O)C1)C32. The lowest BCUT2D eigenvalue weighted by molar-refractivity contribution is -0.0791. The van der Waals surface area contributed by atoms with Gasteiger partial charge in [-0.2, -0.15) is 0 Å². The highest BCUT2D eigenvalue weighted by Gasteiger charge is 2.52. The van der Waals surface area contributed by atoms with Crippen LogP contribution in [0.5, 0.6) is 0 Å². The molecule has 0 amide bonds. The van der Waals surface area contributed by atoms with Crippen molar-refractivity contribution in [3.8, 4) is 0 Å². The van der Waals surface area contributed by atoms with Crippen LogP contribution in [0.1, 0.15) is 56.1 Å². The van der Waals surface area contributed by atoms with Gasteiger partial charge in [0, 0.05) is 17.6 Å². The van der Waals surface area contributed by atoms with Crippen molar-refractivity contribution in [3.63, 3.8) is 0 Å². The highest BCUT2D eigenvalue weighted by Crippen LogP contribution is 2.59. The monoisotopic (exact) mass is 296 g/mol. The average molecular weight is 296 g/mol. The number of piperidine rings is 1. The van der Waals surface area contributed by atoms with E-state index in [-0.39, 0.29) is 11.6 Å². The molecule has 4 heterocycles. The van der Waals surface area contributed by atoms with Gasteiger partial charge >= 0.3 is 0 Å². The summed E-state index contributed by atoms with van der Waals surface area (Å²) in [7, 11) is 0. The Kier molecular flexibility index (Phi) is 2.61. The summed E-state index contributed by atoms with van der Waals surface area (Å²) < 4.78 is 2.26. The minimum absolute atomic E-state index is 0.275. The molecule has 0 aliphatic carbocycles. The maximum absolute atomic E-state index is 11.0. The molecule has 1 unspecified atom stereocenters. The van der Waals surface area contributed by atoms with Crippen LogP contribution >= 0.6 is 0 Å². The molecule has 3 aliphatic rings. The predicted molar refractivity (Wildman–Crippen MR) is 87.8 cm³/mol. The van der Waals surface area contributed by atoms with Crippen LogP contribution in [0, 0.1) is 5.41 Å². The third-order valence-electron chi connectivity index (χ3n) is 6.62. The number of aliphatic hydroxyl groups is 1. The normalized spacial score (nSPS) is 33.9. The second kappa shape index (κ2) is 4.36. The van der Waals surface area contributed by atoms with E-state index in [4.69, 9.17) is 0 Å². The molecule has 3 aliphatic heterocycles. The smallest absolute Gasteiger partial charge is 0.131 e. The first-order valence-corrected chi connectivity index (χ1v) is 8.79. The zero-order chi connectivity index (χ0) is 14.9. The molecule has 3 nitrogen and oxygen atoms in total. The summed E-state index contributed by atoms with van der Waals surface area (Å²) >= 11 is 0. The van der Waals surface area contributed by atoms with Gasteiger partial charge in [-0.3, -0.25) is 4.90 Å². The van der Waals surface area contributed by atoms with Crippen molar-refractivity contribution in [1.29, 1.82) is 0 Å². The van der Waals surface area contributed by atoms with E-state index in [0.29, 0.717) is 6.04 Å². The number of aromatic nitrogens is 1. The molecule has 0 spiro atoms. The number of fused-ring (bicyclic) bond motifs is 3. The molecule has 0 radical (unpaired) electrons. The Morgan fingerprint density at radius 3 is 3.00 bits per heavy atom. The fourth-order valence-electron chi connectivity index (χ4n) is 5.66. The highest BCUT2D eigenvalue weighted by atomic mass is 16.3. The molecule has 5 rings (SSSR count). The molecule has 1 fully saturated rings. The first-order chi connectivity index (χ1) is 10.7. The van der Waals surface area contributed by atoms with E-state index < -0.39 is 0 Å². The maximum Gasteiger partial charge on any atom is 0.131 e. The molecule has 1 aromatic heterocycles. The van der Waals surface area contributed by atoms with Crippen LogP contribution in [-0.4, -0.2) is 27.7 Å². The Bertz CT molecular complexity index is 749. The van der Waals surface area contributed by atoms with Crippen molar-refractivity contribution in [3.05, 3.63) is 35.5 Å². The Hall–Kier alpha value is -1.32. The fourth-order valence-corrected chi connectivity index (χ4v) is 5.66. The number of para-hydroxylation sites is 1. The largest absolute Gasteiger partial charge is 0.373 e. The minimum atomic E-state index is -0.358. The van der Waals surface area contributed by atoms with Gasteiger partial charge in [0.1, 0.15) is 6.23 Å². The molecule has 3 heteroatoms. The minimum Gasteiger partial charge on any atom is -0.373 e. The molecule has 1 saturated heterocycles. The van der Waals surface area contributed by atoms with Gasteiger partial charge in [0.2, 0.25) is 0 Å². The second-order valence-electron chi connectivity index (χ2n) is 7.44. The Morgan fingerprint density at radius 2 is 2.14 bits per heavy atom. The van der Waals surface area contributed by atoms with Crippen LogP contribution < -0.4 is 0 Å². The summed E-state index contributed by atoms with van der Waals surface area (Å²) in [5.41, 5.74) is 4.46. The maximum atomic E-state index is 11.0. The molecule has 3 atom stereocenters. The first kappa shape index (κ1) is 13.1. The quantitative estimate of drug-likeness (QED) is 0.870. The van der Waals surface area contributed by atoms with Crippen LogP contribution in [0.2, 0.25) is 0 Å². The van der Waals surface area contributed by atoms with E-state index in [1.807, 2.05) is 0 Å². The number of benzene rings is 1. The summed E-state index contributed by atoms with van der Waals surface area (Å²) in [4.78, 5) is 2.70. The third kappa shape index (κ3) is 1.44. The van der Waals surface area contributed by atoms with Crippen molar-refractivity contribution in [2.75, 3.05) is 13.1 Å². The number of nitrogens with zero attached hydrogens (tertiary/aromatic N) is 2. The molecule has 0 bridgehead atoms. The Balaban J connectivity index is 1.85. The lowest BCUT2D eigenvalue weighted by Gasteiger charge is -2.56. The standard InChI is InChI=1S/C19H24N2O/c1-2-19-9-5-10-20-11-8-14-13-6-3-4-7-15(13)21(16(22)12-19)17(14)18(19)20/h3-4,6-7,16,18,22H,2,5,8-12H2,1H3/t16-,18?,19-/m1/s1. The van der Waals surface area contributed by atoms with Gasteiger partial charge in [-0.25, -0.2) is 0 Å². The van der Waals surface area contributed by atoms with Crippen LogP contribution in [-0.2, 0) is 6.42 Å². The summed E-state index contributed by atoms with van der Waals surface area (Å²) in [6.45, 7) is 4.73. The third-order valence-corrected chi connectivity index (χ3v) is 6.62. The van der Waals surface area contributed by atoms with Gasteiger partial charge in [-0.15, -0.1) is 0 Å². The summed E-state index contributed by atoms with van der Waals surface area (Å²) in [5.74, 6) is 0. The molecule has 116 valence electrons. The predicted octanol–water partition coefficient (Wildman–Crippen LogP) is 3.63. The second-order valence-corrected chi connectivity index (χ2v) is 7.44. The summed E-state index contributed by atoms with van der Waals surface area (Å²) in [6.07, 6.45) is 5.41. The number of hydrogen-bond donors (Lipinski definition) is 1. The van der Waals surface area contributed by atoms with E-state index >= 15 is 0 Å². The molecular formula is C19H24N2O. The van der Waals surface area contributed by atoms with Crippen molar-refractivity contribution < 1.29 is 5.11 Å². The van der Waals surface area contributed by atoms with Crippen LogP contribution in [0.15, 0.2) is 24.3 Å². The number of hydrogen-bond acceptors (Lipinski definition) is 2.